The maximum absolute atomic E-state index is 10.1. The average Bonchev–Trinajstić information content (AvgIpc) is 1.67. The molecule has 9 heavy (non-hydrogen) atoms. The number of amides is 1. The Labute approximate surface area is 82.6 Å². The van der Waals surface area contributed by atoms with Gasteiger partial charge in [-0.3, -0.25) is 4.79 Å². The molecule has 0 aliphatic heterocycles. The van der Waals surface area contributed by atoms with Gasteiger partial charge in [0, 0.05) is 6.42 Å². The second-order valence-electron chi connectivity index (χ2n) is 1.32. The van der Waals surface area contributed by atoms with E-state index in [0.717, 1.165) is 0 Å². The molecule has 1 atom stereocenters. The minimum Gasteiger partial charge on any atom is -1.00 e. The summed E-state index contributed by atoms with van der Waals surface area (Å²) in [7, 11) is 0. The Morgan fingerprint density at radius 2 is 2.33 bits per heavy atom. The van der Waals surface area contributed by atoms with Gasteiger partial charge in [0.15, 0.2) is 0 Å². The molecule has 0 saturated heterocycles. The zero-order chi connectivity index (χ0) is 6.57. The van der Waals surface area contributed by atoms with E-state index < -0.39 is 11.2 Å². The van der Waals surface area contributed by atoms with Crippen molar-refractivity contribution in [2.45, 2.75) is 11.7 Å². The summed E-state index contributed by atoms with van der Waals surface area (Å²) in [4.78, 5) is 19.7. The van der Waals surface area contributed by atoms with Gasteiger partial charge in [0.1, 0.15) is 6.29 Å². The summed E-state index contributed by atoms with van der Waals surface area (Å²) in [6.45, 7) is 0. The van der Waals surface area contributed by atoms with Crippen molar-refractivity contribution in [2.75, 3.05) is 0 Å². The topological polar surface area (TPSA) is 60.2 Å². The molecule has 0 fully saturated rings. The van der Waals surface area contributed by atoms with Crippen LogP contribution in [0, 0.1) is 0 Å². The predicted molar refractivity (Wildman–Crippen MR) is 33.8 cm³/mol. The summed E-state index contributed by atoms with van der Waals surface area (Å²) in [6, 6.07) is 0. The van der Waals surface area contributed by atoms with Gasteiger partial charge in [0.25, 0.3) is 0 Å². The molecule has 0 aromatic heterocycles. The first-order valence-electron chi connectivity index (χ1n) is 2.09. The molecule has 0 radical (unpaired) electrons. The molecule has 0 aliphatic carbocycles. The molecule has 0 aliphatic rings. The van der Waals surface area contributed by atoms with E-state index in [0.29, 0.717) is 6.29 Å². The van der Waals surface area contributed by atoms with Crippen LogP contribution in [-0.2, 0) is 9.59 Å². The van der Waals surface area contributed by atoms with E-state index in [9.17, 15) is 9.59 Å². The summed E-state index contributed by atoms with van der Waals surface area (Å²) in [5.41, 5.74) is 4.75. The second kappa shape index (κ2) is 6.61. The molecule has 0 rings (SSSR count). The van der Waals surface area contributed by atoms with Gasteiger partial charge >= 0.3 is 29.6 Å². The van der Waals surface area contributed by atoms with Gasteiger partial charge in [0.2, 0.25) is 5.91 Å². The van der Waals surface area contributed by atoms with Crippen molar-refractivity contribution >= 4 is 24.8 Å². The van der Waals surface area contributed by atoms with Gasteiger partial charge in [0.05, 0.1) is 5.25 Å². The minimum atomic E-state index is -0.618. The van der Waals surface area contributed by atoms with Crippen LogP contribution in [0.1, 0.15) is 7.85 Å². The molecular weight excluding hydrogens is 149 g/mol. The van der Waals surface area contributed by atoms with Crippen LogP contribution < -0.4 is 35.3 Å². The predicted octanol–water partition coefficient (Wildman–Crippen LogP) is -3.52. The summed E-state index contributed by atoms with van der Waals surface area (Å²) in [5.74, 6) is -0.555. The quantitative estimate of drug-likeness (QED) is 0.253. The summed E-state index contributed by atoms with van der Waals surface area (Å²) < 4.78 is 0. The van der Waals surface area contributed by atoms with Crippen LogP contribution in [0.3, 0.4) is 0 Å². The Morgan fingerprint density at radius 1 is 1.89 bits per heavy atom. The van der Waals surface area contributed by atoms with Crippen LogP contribution in [0.2, 0.25) is 0 Å². The minimum absolute atomic E-state index is 0. The third-order valence-corrected chi connectivity index (χ3v) is 1.11. The van der Waals surface area contributed by atoms with Crippen LogP contribution in [0.25, 0.3) is 0 Å². The van der Waals surface area contributed by atoms with Gasteiger partial charge in [-0.25, -0.2) is 0 Å². The fourth-order valence-electron chi connectivity index (χ4n) is 0.207. The number of nitrogens with two attached hydrogens (primary N) is 1. The van der Waals surface area contributed by atoms with Crippen molar-refractivity contribution in [2.24, 2.45) is 5.73 Å². The number of hydrogen-bond donors (Lipinski definition) is 2. The van der Waals surface area contributed by atoms with Crippen molar-refractivity contribution in [3.63, 3.8) is 0 Å². The first-order chi connectivity index (χ1) is 3.68. The number of rotatable bonds is 3. The number of aldehydes is 1. The van der Waals surface area contributed by atoms with Crippen molar-refractivity contribution in [3.8, 4) is 0 Å². The largest absolute Gasteiger partial charge is 1.00 e. The number of hydrogen-bond acceptors (Lipinski definition) is 3. The van der Waals surface area contributed by atoms with E-state index in [1.807, 2.05) is 0 Å². The fourth-order valence-corrected chi connectivity index (χ4v) is 0.293. The zero-order valence-corrected chi connectivity index (χ0v) is 8.10. The van der Waals surface area contributed by atoms with Crippen molar-refractivity contribution in [1.82, 2.24) is 0 Å². The van der Waals surface area contributed by atoms with Crippen LogP contribution in [-0.4, -0.2) is 17.4 Å². The van der Waals surface area contributed by atoms with Gasteiger partial charge in [-0.2, -0.15) is 12.6 Å². The van der Waals surface area contributed by atoms with Gasteiger partial charge in [-0.1, -0.05) is 0 Å². The second-order valence-corrected chi connectivity index (χ2v) is 1.94. The first-order valence-corrected chi connectivity index (χ1v) is 2.61. The Kier molecular flexibility index (Phi) is 8.95. The maximum atomic E-state index is 10.1. The van der Waals surface area contributed by atoms with Gasteiger partial charge in [-0.05, 0) is 0 Å². The molecule has 5 heteroatoms. The van der Waals surface area contributed by atoms with E-state index in [-0.39, 0.29) is 37.4 Å². The van der Waals surface area contributed by atoms with E-state index in [1.165, 1.54) is 0 Å². The smallest absolute Gasteiger partial charge is 1.00 e. The Bertz CT molecular complexity index is 113. The third kappa shape index (κ3) is 6.37. The number of thiol groups is 1. The van der Waals surface area contributed by atoms with Gasteiger partial charge < -0.3 is 12.0 Å². The van der Waals surface area contributed by atoms with Crippen molar-refractivity contribution < 1.29 is 40.6 Å². The summed E-state index contributed by atoms with van der Waals surface area (Å²) in [5, 5.41) is -0.618. The molecule has 48 valence electrons. The number of carbonyl (C=O) groups excluding carboxylic acids is 2. The molecule has 1 unspecified atom stereocenters. The first kappa shape index (κ1) is 12.2. The molecule has 0 spiro atoms. The SMILES string of the molecule is NC(=O)C(S)CC=O.[H-].[Na+]. The van der Waals surface area contributed by atoms with Crippen molar-refractivity contribution in [3.05, 3.63) is 0 Å². The average molecular weight is 157 g/mol. The monoisotopic (exact) mass is 157 g/mol. The standard InChI is InChI=1S/C4H7NO2S.Na.H/c5-4(7)3(8)1-2-6;;/h2-3,8H,1H2,(H2,5,7);;/q;+1;-1. The molecule has 3 nitrogen and oxygen atoms in total. The molecule has 0 saturated carbocycles. The fraction of sp³-hybridized carbons (Fsp3) is 0.500. The molecule has 0 aromatic rings. The van der Waals surface area contributed by atoms with E-state index in [4.69, 9.17) is 5.73 Å². The van der Waals surface area contributed by atoms with E-state index >= 15 is 0 Å². The maximum Gasteiger partial charge on any atom is 1.00 e. The molecule has 0 aromatic carbocycles. The van der Waals surface area contributed by atoms with Crippen LogP contribution in [0.5, 0.6) is 0 Å². The summed E-state index contributed by atoms with van der Waals surface area (Å²) >= 11 is 3.70. The van der Waals surface area contributed by atoms with E-state index in [2.05, 4.69) is 12.6 Å². The van der Waals surface area contributed by atoms with Crippen molar-refractivity contribution in [1.29, 1.82) is 0 Å². The molecule has 0 heterocycles. The van der Waals surface area contributed by atoms with Crippen LogP contribution in [0.4, 0.5) is 0 Å². The number of primary amides is 1. The Balaban J connectivity index is -0.000000245. The molecule has 1 amide bonds. The Hall–Kier alpha value is 0.490. The Morgan fingerprint density at radius 3 is 2.44 bits per heavy atom. The van der Waals surface area contributed by atoms with Gasteiger partial charge in [-0.15, -0.1) is 0 Å². The summed E-state index contributed by atoms with van der Waals surface area (Å²) in [6.07, 6.45) is 0.709. The molecule has 2 N–H and O–H groups in total. The zero-order valence-electron chi connectivity index (χ0n) is 6.20. The number of carbonyl (C=O) groups is 2. The normalized spacial score (nSPS) is 11.2. The van der Waals surface area contributed by atoms with E-state index in [1.54, 1.807) is 0 Å². The molecular formula is C4H8NNaO2S. The third-order valence-electron chi connectivity index (χ3n) is 0.648. The van der Waals surface area contributed by atoms with Crippen LogP contribution >= 0.6 is 12.6 Å². The molecule has 0 bridgehead atoms. The van der Waals surface area contributed by atoms with Crippen LogP contribution in [0.15, 0.2) is 0 Å².